The monoisotopic (exact) mass is 282 g/mol. The second-order valence-electron chi connectivity index (χ2n) is 6.02. The van der Waals surface area contributed by atoms with Crippen molar-refractivity contribution in [3.8, 4) is 0 Å². The van der Waals surface area contributed by atoms with Crippen molar-refractivity contribution in [1.82, 2.24) is 5.32 Å². The van der Waals surface area contributed by atoms with E-state index in [1.54, 1.807) is 6.07 Å². The van der Waals surface area contributed by atoms with E-state index >= 15 is 0 Å². The first-order valence-electron chi connectivity index (χ1n) is 6.54. The predicted octanol–water partition coefficient (Wildman–Crippen LogP) is 3.92. The number of nitrogens with one attached hydrogen (secondary N) is 1. The summed E-state index contributed by atoms with van der Waals surface area (Å²) in [6.45, 7) is 5.23. The Morgan fingerprint density at radius 3 is 2.79 bits per heavy atom. The Morgan fingerprint density at radius 2 is 2.26 bits per heavy atom. The summed E-state index contributed by atoms with van der Waals surface area (Å²) in [4.78, 5) is 10.2. The Labute approximate surface area is 118 Å². The first-order chi connectivity index (χ1) is 8.87. The Bertz CT molecular complexity index is 488. The van der Waals surface area contributed by atoms with E-state index in [1.165, 1.54) is 25.0 Å². The quantitative estimate of drug-likeness (QED) is 0.673. The summed E-state index contributed by atoms with van der Waals surface area (Å²) in [5.74, 6) is 0. The highest BCUT2D eigenvalue weighted by Gasteiger charge is 2.30. The van der Waals surface area contributed by atoms with Crippen LogP contribution in [0.25, 0.3) is 0 Å². The molecule has 0 aromatic heterocycles. The van der Waals surface area contributed by atoms with Crippen LogP contribution in [0.3, 0.4) is 0 Å². The third-order valence-corrected chi connectivity index (χ3v) is 4.15. The van der Waals surface area contributed by atoms with Gasteiger partial charge in [0.2, 0.25) is 0 Å². The first-order valence-corrected chi connectivity index (χ1v) is 6.91. The average molecular weight is 283 g/mol. The fourth-order valence-electron chi connectivity index (χ4n) is 2.66. The molecule has 1 fully saturated rings. The van der Waals surface area contributed by atoms with Crippen molar-refractivity contribution >= 4 is 17.3 Å². The molecule has 1 N–H and O–H groups in total. The zero-order chi connectivity index (χ0) is 14.0. The molecule has 4 nitrogen and oxygen atoms in total. The predicted molar refractivity (Wildman–Crippen MR) is 76.4 cm³/mol. The van der Waals surface area contributed by atoms with Crippen molar-refractivity contribution in [2.75, 3.05) is 0 Å². The molecule has 0 heterocycles. The van der Waals surface area contributed by atoms with Gasteiger partial charge < -0.3 is 5.32 Å². The second-order valence-corrected chi connectivity index (χ2v) is 6.42. The van der Waals surface area contributed by atoms with Gasteiger partial charge in [-0.05, 0) is 36.3 Å². The molecular weight excluding hydrogens is 264 g/mol. The molecule has 19 heavy (non-hydrogen) atoms. The minimum atomic E-state index is -0.428. The summed E-state index contributed by atoms with van der Waals surface area (Å²) < 4.78 is 0. The maximum atomic E-state index is 10.6. The van der Waals surface area contributed by atoms with Crippen LogP contribution in [0.1, 0.15) is 38.7 Å². The number of non-ortho nitro benzene ring substituents is 1. The van der Waals surface area contributed by atoms with E-state index < -0.39 is 4.92 Å². The second kappa shape index (κ2) is 5.47. The Balaban J connectivity index is 1.95. The van der Waals surface area contributed by atoms with Crippen LogP contribution in [-0.2, 0) is 6.54 Å². The molecule has 0 radical (unpaired) electrons. The number of hydrogen-bond donors (Lipinski definition) is 1. The van der Waals surface area contributed by atoms with Crippen LogP contribution in [0.2, 0.25) is 5.02 Å². The number of nitro benzene ring substituents is 1. The smallest absolute Gasteiger partial charge is 0.270 e. The number of nitrogens with zero attached hydrogens (tertiary/aromatic N) is 1. The van der Waals surface area contributed by atoms with Gasteiger partial charge in [-0.2, -0.15) is 0 Å². The molecule has 1 saturated carbocycles. The molecule has 2 rings (SSSR count). The molecule has 1 unspecified atom stereocenters. The highest BCUT2D eigenvalue weighted by atomic mass is 35.5. The third-order valence-electron chi connectivity index (χ3n) is 3.80. The lowest BCUT2D eigenvalue weighted by atomic mass is 9.92. The van der Waals surface area contributed by atoms with Crippen LogP contribution in [-0.4, -0.2) is 11.0 Å². The zero-order valence-electron chi connectivity index (χ0n) is 11.3. The lowest BCUT2D eigenvalue weighted by Gasteiger charge is -2.18. The summed E-state index contributed by atoms with van der Waals surface area (Å²) >= 11 is 6.07. The molecule has 1 atom stereocenters. The van der Waals surface area contributed by atoms with E-state index in [9.17, 15) is 10.1 Å². The number of benzene rings is 1. The van der Waals surface area contributed by atoms with Gasteiger partial charge in [0.25, 0.3) is 5.69 Å². The fraction of sp³-hybridized carbons (Fsp3) is 0.571. The van der Waals surface area contributed by atoms with Crippen LogP contribution in [0.4, 0.5) is 5.69 Å². The van der Waals surface area contributed by atoms with Crippen molar-refractivity contribution in [2.45, 2.75) is 45.7 Å². The highest BCUT2D eigenvalue weighted by molar-refractivity contribution is 6.31. The number of rotatable bonds is 4. The molecule has 0 aliphatic heterocycles. The largest absolute Gasteiger partial charge is 0.310 e. The Morgan fingerprint density at radius 1 is 1.53 bits per heavy atom. The summed E-state index contributed by atoms with van der Waals surface area (Å²) in [6, 6.07) is 5.16. The molecule has 1 aromatic carbocycles. The van der Waals surface area contributed by atoms with Crippen LogP contribution in [0, 0.1) is 15.5 Å². The van der Waals surface area contributed by atoms with Gasteiger partial charge >= 0.3 is 0 Å². The highest BCUT2D eigenvalue weighted by Crippen LogP contribution is 2.37. The van der Waals surface area contributed by atoms with E-state index in [-0.39, 0.29) is 5.69 Å². The van der Waals surface area contributed by atoms with Gasteiger partial charge in [-0.1, -0.05) is 25.4 Å². The van der Waals surface area contributed by atoms with Crippen LogP contribution >= 0.6 is 11.6 Å². The van der Waals surface area contributed by atoms with Crippen molar-refractivity contribution < 1.29 is 4.92 Å². The van der Waals surface area contributed by atoms with E-state index in [2.05, 4.69) is 19.2 Å². The standard InChI is InChI=1S/C14H19ClN2O2/c1-14(2)6-5-11(8-14)16-9-10-3-4-12(17(18)19)7-13(10)15/h3-4,7,11,16H,5-6,8-9H2,1-2H3. The maximum Gasteiger partial charge on any atom is 0.270 e. The number of nitro groups is 1. The van der Waals surface area contributed by atoms with Crippen molar-refractivity contribution in [1.29, 1.82) is 0 Å². The fourth-order valence-corrected chi connectivity index (χ4v) is 2.90. The summed E-state index contributed by atoms with van der Waals surface area (Å²) in [7, 11) is 0. The van der Waals surface area contributed by atoms with Crippen LogP contribution in [0.15, 0.2) is 18.2 Å². The lowest BCUT2D eigenvalue weighted by Crippen LogP contribution is -2.26. The van der Waals surface area contributed by atoms with E-state index in [4.69, 9.17) is 11.6 Å². The third kappa shape index (κ3) is 3.67. The van der Waals surface area contributed by atoms with Gasteiger partial charge in [-0.3, -0.25) is 10.1 Å². The Kier molecular flexibility index (Phi) is 4.11. The van der Waals surface area contributed by atoms with Gasteiger partial charge in [-0.25, -0.2) is 0 Å². The van der Waals surface area contributed by atoms with Gasteiger partial charge in [-0.15, -0.1) is 0 Å². The minimum Gasteiger partial charge on any atom is -0.310 e. The SMILES string of the molecule is CC1(C)CCC(NCc2ccc([N+](=O)[O-])cc2Cl)C1. The summed E-state index contributed by atoms with van der Waals surface area (Å²) in [5.41, 5.74) is 1.37. The summed E-state index contributed by atoms with van der Waals surface area (Å²) in [6.07, 6.45) is 3.58. The maximum absolute atomic E-state index is 10.6. The first kappa shape index (κ1) is 14.3. The van der Waals surface area contributed by atoms with Crippen molar-refractivity contribution in [3.05, 3.63) is 38.9 Å². The van der Waals surface area contributed by atoms with Gasteiger partial charge in [0, 0.05) is 24.7 Å². The molecular formula is C14H19ClN2O2. The lowest BCUT2D eigenvalue weighted by molar-refractivity contribution is -0.384. The van der Waals surface area contributed by atoms with Crippen LogP contribution < -0.4 is 5.32 Å². The van der Waals surface area contributed by atoms with Crippen molar-refractivity contribution in [3.63, 3.8) is 0 Å². The molecule has 104 valence electrons. The van der Waals surface area contributed by atoms with E-state index in [0.29, 0.717) is 23.0 Å². The zero-order valence-corrected chi connectivity index (χ0v) is 12.0. The van der Waals surface area contributed by atoms with Gasteiger partial charge in [0.1, 0.15) is 0 Å². The molecule has 0 saturated heterocycles. The molecule has 1 aliphatic rings. The molecule has 0 bridgehead atoms. The Hall–Kier alpha value is -1.13. The van der Waals surface area contributed by atoms with Gasteiger partial charge in [0.15, 0.2) is 0 Å². The van der Waals surface area contributed by atoms with Gasteiger partial charge in [0.05, 0.1) is 9.95 Å². The van der Waals surface area contributed by atoms with Crippen molar-refractivity contribution in [2.24, 2.45) is 5.41 Å². The van der Waals surface area contributed by atoms with E-state index in [1.807, 2.05) is 0 Å². The van der Waals surface area contributed by atoms with Crippen LogP contribution in [0.5, 0.6) is 0 Å². The topological polar surface area (TPSA) is 55.2 Å². The number of halogens is 1. The number of hydrogen-bond acceptors (Lipinski definition) is 3. The average Bonchev–Trinajstić information content (AvgIpc) is 2.67. The molecule has 0 spiro atoms. The summed E-state index contributed by atoms with van der Waals surface area (Å²) in [5, 5.41) is 14.6. The molecule has 5 heteroatoms. The normalized spacial score (nSPS) is 21.5. The minimum absolute atomic E-state index is 0.0377. The van der Waals surface area contributed by atoms with E-state index in [0.717, 1.165) is 12.0 Å². The molecule has 0 amide bonds. The molecule has 1 aromatic rings. The molecule has 1 aliphatic carbocycles.